The molecule has 2 heterocycles. The number of aromatic nitrogens is 6. The first-order valence-electron chi connectivity index (χ1n) is 22.8. The zero-order chi connectivity index (χ0) is 42.2. The lowest BCUT2D eigenvalue weighted by atomic mass is 9.43. The molecule has 0 amide bonds. The molecule has 0 N–H and O–H groups in total. The minimum absolute atomic E-state index is 0.0475. The molecular formula is C58H44N6. The largest absolute Gasteiger partial charge is 0.208 e. The minimum atomic E-state index is -0.0475. The van der Waals surface area contributed by atoms with Gasteiger partial charge in [0.2, 0.25) is 0 Å². The molecule has 4 bridgehead atoms. The minimum Gasteiger partial charge on any atom is -0.208 e. The lowest BCUT2D eigenvalue weighted by Gasteiger charge is -2.61. The lowest BCUT2D eigenvalue weighted by molar-refractivity contribution is -0.0399. The number of rotatable bonds is 7. The van der Waals surface area contributed by atoms with Gasteiger partial charge in [-0.1, -0.05) is 176 Å². The van der Waals surface area contributed by atoms with Gasteiger partial charge in [0.05, 0.1) is 0 Å². The Kier molecular flexibility index (Phi) is 8.61. The van der Waals surface area contributed by atoms with Crippen LogP contribution >= 0.6 is 0 Å². The maximum atomic E-state index is 5.28. The average molecular weight is 825 g/mol. The Balaban J connectivity index is 0.947. The second kappa shape index (κ2) is 14.8. The Morgan fingerprint density at radius 3 is 1.14 bits per heavy atom. The predicted octanol–water partition coefficient (Wildman–Crippen LogP) is 13.4. The van der Waals surface area contributed by atoms with Crippen molar-refractivity contribution in [3.05, 3.63) is 193 Å². The highest BCUT2D eigenvalue weighted by atomic mass is 15.0. The van der Waals surface area contributed by atoms with Gasteiger partial charge >= 0.3 is 0 Å². The summed E-state index contributed by atoms with van der Waals surface area (Å²) in [5.41, 5.74) is 13.9. The van der Waals surface area contributed by atoms with Crippen LogP contribution in [0.25, 0.3) is 90.6 Å². The van der Waals surface area contributed by atoms with Crippen molar-refractivity contribution >= 4 is 0 Å². The van der Waals surface area contributed by atoms with Gasteiger partial charge in [0.1, 0.15) is 0 Å². The second-order valence-corrected chi connectivity index (χ2v) is 18.3. The lowest BCUT2D eigenvalue weighted by Crippen LogP contribution is -2.55. The highest BCUT2D eigenvalue weighted by molar-refractivity contribution is 5.93. The number of benzene rings is 7. The van der Waals surface area contributed by atoms with Gasteiger partial charge in [-0.25, -0.2) is 29.9 Å². The monoisotopic (exact) mass is 824 g/mol. The maximum Gasteiger partial charge on any atom is 0.164 e. The third kappa shape index (κ3) is 6.00. The van der Waals surface area contributed by atoms with Gasteiger partial charge in [-0.05, 0) is 95.2 Å². The summed E-state index contributed by atoms with van der Waals surface area (Å²) >= 11 is 0. The summed E-state index contributed by atoms with van der Waals surface area (Å²) in [7, 11) is 0. The van der Waals surface area contributed by atoms with Crippen LogP contribution in [0.5, 0.6) is 0 Å². The summed E-state index contributed by atoms with van der Waals surface area (Å²) in [6, 6.07) is 64.0. The van der Waals surface area contributed by atoms with Gasteiger partial charge in [0.25, 0.3) is 0 Å². The van der Waals surface area contributed by atoms with E-state index in [0.29, 0.717) is 41.0 Å². The molecule has 4 saturated carbocycles. The van der Waals surface area contributed by atoms with E-state index in [1.165, 1.54) is 65.5 Å². The van der Waals surface area contributed by atoms with E-state index in [1.54, 1.807) is 0 Å². The molecular weight excluding hydrogens is 781 g/mol. The van der Waals surface area contributed by atoms with Crippen LogP contribution in [-0.4, -0.2) is 29.9 Å². The molecule has 0 aliphatic heterocycles. The van der Waals surface area contributed by atoms with E-state index >= 15 is 0 Å². The van der Waals surface area contributed by atoms with Gasteiger partial charge in [0.15, 0.2) is 34.9 Å². The molecule has 1 spiro atoms. The van der Waals surface area contributed by atoms with Gasteiger partial charge < -0.3 is 0 Å². The smallest absolute Gasteiger partial charge is 0.164 e. The fourth-order valence-corrected chi connectivity index (χ4v) is 12.3. The van der Waals surface area contributed by atoms with Crippen molar-refractivity contribution in [2.24, 2.45) is 23.7 Å². The molecule has 0 unspecified atom stereocenters. The van der Waals surface area contributed by atoms with Crippen LogP contribution in [0, 0.1) is 23.7 Å². The third-order valence-corrected chi connectivity index (χ3v) is 14.8. The van der Waals surface area contributed by atoms with Gasteiger partial charge in [-0.15, -0.1) is 0 Å². The van der Waals surface area contributed by atoms with E-state index in [0.717, 1.165) is 51.0 Å². The Hall–Kier alpha value is -7.44. The SMILES string of the molecule is c1ccc(-c2nc(-c3ccccc3)nc(-c3ccc(-c4ccc5c(c4)C4(c6cccc(-c7nc(-c8ccccc8)nc(-c8ccccc8)n7)c6-5)C5CC6CC(C5)CC4C6)cc3)n2)cc1. The predicted molar refractivity (Wildman–Crippen MR) is 255 cm³/mol. The molecule has 6 heteroatoms. The Labute approximate surface area is 373 Å². The van der Waals surface area contributed by atoms with Crippen molar-refractivity contribution in [1.29, 1.82) is 0 Å². The van der Waals surface area contributed by atoms with E-state index in [-0.39, 0.29) is 5.41 Å². The van der Waals surface area contributed by atoms with Gasteiger partial charge in [0, 0.05) is 38.8 Å². The first-order chi connectivity index (χ1) is 31.7. The molecule has 14 rings (SSSR count). The quantitative estimate of drug-likeness (QED) is 0.159. The molecule has 64 heavy (non-hydrogen) atoms. The Morgan fingerprint density at radius 2 is 0.688 bits per heavy atom. The van der Waals surface area contributed by atoms with Crippen LogP contribution in [0.3, 0.4) is 0 Å². The van der Waals surface area contributed by atoms with Crippen LogP contribution in [0.2, 0.25) is 0 Å². The number of hydrogen-bond acceptors (Lipinski definition) is 6. The number of fused-ring (bicyclic) bond motifs is 3. The molecule has 2 aromatic heterocycles. The van der Waals surface area contributed by atoms with Crippen LogP contribution < -0.4 is 0 Å². The molecule has 7 aromatic carbocycles. The van der Waals surface area contributed by atoms with Crippen molar-refractivity contribution < 1.29 is 0 Å². The molecule has 9 aromatic rings. The summed E-state index contributed by atoms with van der Waals surface area (Å²) in [6.07, 6.45) is 6.63. The Bertz CT molecular complexity index is 3060. The molecule has 6 nitrogen and oxygen atoms in total. The van der Waals surface area contributed by atoms with E-state index in [4.69, 9.17) is 29.9 Å². The molecule has 0 radical (unpaired) electrons. The summed E-state index contributed by atoms with van der Waals surface area (Å²) in [5.74, 6) is 6.98. The first kappa shape index (κ1) is 37.1. The average Bonchev–Trinajstić information content (AvgIpc) is 3.66. The van der Waals surface area contributed by atoms with Crippen molar-refractivity contribution in [3.63, 3.8) is 0 Å². The van der Waals surface area contributed by atoms with E-state index in [1.807, 2.05) is 48.5 Å². The van der Waals surface area contributed by atoms with E-state index < -0.39 is 0 Å². The Morgan fingerprint density at radius 1 is 0.297 bits per heavy atom. The molecule has 0 atom stereocenters. The summed E-state index contributed by atoms with van der Waals surface area (Å²) < 4.78 is 0. The number of hydrogen-bond donors (Lipinski definition) is 0. The zero-order valence-electron chi connectivity index (χ0n) is 35.3. The van der Waals surface area contributed by atoms with Crippen LogP contribution in [0.15, 0.2) is 182 Å². The highest BCUT2D eigenvalue weighted by Gasteiger charge is 2.62. The molecule has 4 fully saturated rings. The normalized spacial score (nSPS) is 21.2. The highest BCUT2D eigenvalue weighted by Crippen LogP contribution is 2.70. The molecule has 0 saturated heterocycles. The summed E-state index contributed by atoms with van der Waals surface area (Å²) in [6.45, 7) is 0. The van der Waals surface area contributed by atoms with Crippen LogP contribution in [0.4, 0.5) is 0 Å². The van der Waals surface area contributed by atoms with E-state index in [9.17, 15) is 0 Å². The number of nitrogens with zero attached hydrogens (tertiary/aromatic N) is 6. The van der Waals surface area contributed by atoms with Crippen molar-refractivity contribution in [3.8, 4) is 90.6 Å². The first-order valence-corrected chi connectivity index (χ1v) is 22.8. The van der Waals surface area contributed by atoms with Crippen molar-refractivity contribution in [2.75, 3.05) is 0 Å². The molecule has 5 aliphatic carbocycles. The molecule has 306 valence electrons. The maximum absolute atomic E-state index is 5.28. The fourth-order valence-electron chi connectivity index (χ4n) is 12.3. The van der Waals surface area contributed by atoms with E-state index in [2.05, 4.69) is 133 Å². The van der Waals surface area contributed by atoms with Gasteiger partial charge in [-0.2, -0.15) is 0 Å². The summed E-state index contributed by atoms with van der Waals surface area (Å²) in [4.78, 5) is 30.6. The molecule has 5 aliphatic rings. The second-order valence-electron chi connectivity index (χ2n) is 18.3. The van der Waals surface area contributed by atoms with Crippen molar-refractivity contribution in [1.82, 2.24) is 29.9 Å². The van der Waals surface area contributed by atoms with Crippen molar-refractivity contribution in [2.45, 2.75) is 37.5 Å². The van der Waals surface area contributed by atoms with Crippen LogP contribution in [0.1, 0.15) is 43.2 Å². The topological polar surface area (TPSA) is 77.3 Å². The van der Waals surface area contributed by atoms with Crippen LogP contribution in [-0.2, 0) is 5.41 Å². The third-order valence-electron chi connectivity index (χ3n) is 14.8. The standard InChI is InChI=1S/C58H44N6/c1-5-14-39(15-6-1)52-59-53(40-16-7-2-8-17-40)61-56(60-52)43-26-24-38(25-27-43)44-28-29-47-50(35-44)58(45-31-36-30-37(33-45)34-46(58)32-36)49-23-13-22-48(51(47)49)57-63-54(41-18-9-3-10-19-41)62-55(64-57)42-20-11-4-12-21-42/h1-29,35-37,45-46H,30-34H2. The zero-order valence-corrected chi connectivity index (χ0v) is 35.3. The summed E-state index contributed by atoms with van der Waals surface area (Å²) in [5, 5.41) is 0. The van der Waals surface area contributed by atoms with Gasteiger partial charge in [-0.3, -0.25) is 0 Å². The fraction of sp³-hybridized carbons (Fsp3) is 0.172.